The maximum Gasteiger partial charge on any atom is 0.164 e. The first-order chi connectivity index (χ1) is 28.3. The van der Waals surface area contributed by atoms with E-state index in [-0.39, 0.29) is 0 Å². The normalized spacial score (nSPS) is 11.9. The van der Waals surface area contributed by atoms with E-state index in [9.17, 15) is 0 Å². The van der Waals surface area contributed by atoms with E-state index >= 15 is 0 Å². The van der Waals surface area contributed by atoms with Crippen LogP contribution < -0.4 is 0 Å². The molecule has 12 rings (SSSR count). The second-order valence-electron chi connectivity index (χ2n) is 14.3. The zero-order valence-corrected chi connectivity index (χ0v) is 30.4. The van der Waals surface area contributed by atoms with E-state index < -0.39 is 0 Å². The number of fused-ring (bicyclic) bond motifs is 9. The molecule has 0 N–H and O–H groups in total. The first-order valence-electron chi connectivity index (χ1n) is 19.0. The molecule has 0 radical (unpaired) electrons. The van der Waals surface area contributed by atoms with Crippen molar-refractivity contribution in [2.45, 2.75) is 0 Å². The van der Waals surface area contributed by atoms with Gasteiger partial charge in [-0.1, -0.05) is 146 Å². The van der Waals surface area contributed by atoms with Gasteiger partial charge in [0.15, 0.2) is 17.5 Å². The molecule has 0 aliphatic carbocycles. The van der Waals surface area contributed by atoms with Gasteiger partial charge < -0.3 is 13.4 Å². The van der Waals surface area contributed by atoms with Crippen LogP contribution in [-0.4, -0.2) is 19.5 Å². The summed E-state index contributed by atoms with van der Waals surface area (Å²) in [5, 5.41) is 6.40. The molecule has 57 heavy (non-hydrogen) atoms. The molecule has 0 fully saturated rings. The van der Waals surface area contributed by atoms with Gasteiger partial charge in [0.05, 0.1) is 11.0 Å². The summed E-state index contributed by atoms with van der Waals surface area (Å²) in [7, 11) is 0. The third kappa shape index (κ3) is 4.87. The Kier molecular flexibility index (Phi) is 6.83. The van der Waals surface area contributed by atoms with Crippen LogP contribution in [0.4, 0.5) is 0 Å². The van der Waals surface area contributed by atoms with E-state index in [0.29, 0.717) is 17.5 Å². The molecule has 266 valence electrons. The van der Waals surface area contributed by atoms with E-state index in [2.05, 4.69) is 102 Å². The summed E-state index contributed by atoms with van der Waals surface area (Å²) in [6, 6.07) is 62.6. The van der Waals surface area contributed by atoms with Crippen LogP contribution >= 0.6 is 0 Å². The summed E-state index contributed by atoms with van der Waals surface area (Å²) in [6.45, 7) is 0. The molecular formula is C51H30N4O2. The van der Waals surface area contributed by atoms with Crippen LogP contribution in [0.2, 0.25) is 0 Å². The molecule has 0 aliphatic rings. The minimum atomic E-state index is 0.569. The lowest BCUT2D eigenvalue weighted by molar-refractivity contribution is 0.665. The first-order valence-corrected chi connectivity index (χ1v) is 19.0. The van der Waals surface area contributed by atoms with Crippen LogP contribution in [0, 0.1) is 0 Å². The highest BCUT2D eigenvalue weighted by molar-refractivity contribution is 6.19. The van der Waals surface area contributed by atoms with E-state index in [1.54, 1.807) is 0 Å². The lowest BCUT2D eigenvalue weighted by atomic mass is 9.97. The molecule has 6 heteroatoms. The number of para-hydroxylation sites is 4. The minimum Gasteiger partial charge on any atom is -0.455 e. The minimum absolute atomic E-state index is 0.569. The van der Waals surface area contributed by atoms with Crippen molar-refractivity contribution in [1.29, 1.82) is 0 Å². The predicted molar refractivity (Wildman–Crippen MR) is 230 cm³/mol. The fourth-order valence-corrected chi connectivity index (χ4v) is 8.52. The predicted octanol–water partition coefficient (Wildman–Crippen LogP) is 13.4. The number of rotatable bonds is 5. The molecule has 0 atom stereocenters. The summed E-state index contributed by atoms with van der Waals surface area (Å²) in [6.07, 6.45) is 0. The number of furan rings is 2. The molecule has 0 saturated carbocycles. The van der Waals surface area contributed by atoms with Crippen molar-refractivity contribution in [3.8, 4) is 51.0 Å². The fourth-order valence-electron chi connectivity index (χ4n) is 8.52. The number of benzene rings is 8. The second-order valence-corrected chi connectivity index (χ2v) is 14.3. The van der Waals surface area contributed by atoms with Crippen LogP contribution in [0.1, 0.15) is 0 Å². The number of hydrogen-bond donors (Lipinski definition) is 0. The Morgan fingerprint density at radius 1 is 0.351 bits per heavy atom. The summed E-state index contributed by atoms with van der Waals surface area (Å²) < 4.78 is 16.0. The van der Waals surface area contributed by atoms with Crippen LogP contribution in [-0.2, 0) is 0 Å². The summed E-state index contributed by atoms with van der Waals surface area (Å²) >= 11 is 0. The van der Waals surface area contributed by atoms with Crippen LogP contribution in [0.25, 0.3) is 117 Å². The SMILES string of the molecule is c1ccc(-c2nc(-c3ccccc3)nc(-c3cccc4oc5c(-c6cccc7c6oc6ccccc67)cc(-n6c7ccccc7c7ccccc76)cc5c34)n2)cc1. The first kappa shape index (κ1) is 31.5. The van der Waals surface area contributed by atoms with Crippen LogP contribution in [0.3, 0.4) is 0 Å². The summed E-state index contributed by atoms with van der Waals surface area (Å²) in [5.41, 5.74) is 11.0. The molecule has 0 amide bonds. The molecule has 12 aromatic rings. The molecule has 0 unspecified atom stereocenters. The van der Waals surface area contributed by atoms with Gasteiger partial charge in [-0.2, -0.15) is 0 Å². The molecule has 0 bridgehead atoms. The smallest absolute Gasteiger partial charge is 0.164 e. The highest BCUT2D eigenvalue weighted by Crippen LogP contribution is 2.45. The zero-order chi connectivity index (χ0) is 37.5. The van der Waals surface area contributed by atoms with E-state index in [1.807, 2.05) is 84.9 Å². The van der Waals surface area contributed by atoms with Gasteiger partial charge >= 0.3 is 0 Å². The van der Waals surface area contributed by atoms with E-state index in [4.69, 9.17) is 23.8 Å². The molecule has 4 aromatic heterocycles. The van der Waals surface area contributed by atoms with Crippen molar-refractivity contribution in [3.05, 3.63) is 182 Å². The number of aromatic nitrogens is 4. The van der Waals surface area contributed by atoms with Crippen molar-refractivity contribution in [2.24, 2.45) is 0 Å². The third-order valence-corrected chi connectivity index (χ3v) is 11.1. The Hall–Kier alpha value is -7.83. The van der Waals surface area contributed by atoms with Gasteiger partial charge in [-0.15, -0.1) is 0 Å². The molecule has 0 spiro atoms. The summed E-state index contributed by atoms with van der Waals surface area (Å²) in [5.74, 6) is 1.78. The quantitative estimate of drug-likeness (QED) is 0.176. The van der Waals surface area contributed by atoms with Crippen LogP contribution in [0.5, 0.6) is 0 Å². The maximum absolute atomic E-state index is 6.98. The van der Waals surface area contributed by atoms with Crippen molar-refractivity contribution in [3.63, 3.8) is 0 Å². The molecular weight excluding hydrogens is 701 g/mol. The Morgan fingerprint density at radius 3 is 1.56 bits per heavy atom. The molecule has 0 saturated heterocycles. The molecule has 0 aliphatic heterocycles. The van der Waals surface area contributed by atoms with Gasteiger partial charge in [0.25, 0.3) is 0 Å². The van der Waals surface area contributed by atoms with Crippen molar-refractivity contribution in [2.75, 3.05) is 0 Å². The highest BCUT2D eigenvalue weighted by atomic mass is 16.3. The van der Waals surface area contributed by atoms with Crippen molar-refractivity contribution >= 4 is 65.7 Å². The lowest BCUT2D eigenvalue weighted by Gasteiger charge is -2.12. The standard InChI is InChI=1S/C51H30N4O2/c1-3-15-31(16-4-1)49-52-50(32-17-5-2-6-18-32)54-51(53-49)39-24-14-28-45-46(39)41-30-33(55-42-25-10-7-19-34(42)35-20-8-11-26-43(35)55)29-40(48(41)57-45)38-23-13-22-37-36-21-9-12-27-44(36)56-47(37)38/h1-30H. The van der Waals surface area contributed by atoms with Gasteiger partial charge in [0.1, 0.15) is 22.3 Å². The number of nitrogens with zero attached hydrogens (tertiary/aromatic N) is 4. The monoisotopic (exact) mass is 730 g/mol. The van der Waals surface area contributed by atoms with E-state index in [1.165, 1.54) is 10.8 Å². The Morgan fingerprint density at radius 2 is 0.860 bits per heavy atom. The molecule has 6 nitrogen and oxygen atoms in total. The van der Waals surface area contributed by atoms with Crippen LogP contribution in [0.15, 0.2) is 191 Å². The highest BCUT2D eigenvalue weighted by Gasteiger charge is 2.24. The zero-order valence-electron chi connectivity index (χ0n) is 30.4. The van der Waals surface area contributed by atoms with Crippen molar-refractivity contribution < 1.29 is 8.83 Å². The maximum atomic E-state index is 6.98. The average molecular weight is 731 g/mol. The lowest BCUT2D eigenvalue weighted by Crippen LogP contribution is -2.00. The second kappa shape index (κ2) is 12.3. The van der Waals surface area contributed by atoms with E-state index in [0.717, 1.165) is 88.4 Å². The van der Waals surface area contributed by atoms with Gasteiger partial charge in [-0.05, 0) is 36.4 Å². The fraction of sp³-hybridized carbons (Fsp3) is 0. The van der Waals surface area contributed by atoms with Gasteiger partial charge in [-0.25, -0.2) is 15.0 Å². The number of hydrogen-bond acceptors (Lipinski definition) is 5. The van der Waals surface area contributed by atoms with Gasteiger partial charge in [0.2, 0.25) is 0 Å². The Balaban J connectivity index is 1.20. The molecule has 4 heterocycles. The molecule has 8 aromatic carbocycles. The van der Waals surface area contributed by atoms with Crippen molar-refractivity contribution in [1.82, 2.24) is 19.5 Å². The van der Waals surface area contributed by atoms with Gasteiger partial charge in [0, 0.05) is 65.8 Å². The largest absolute Gasteiger partial charge is 0.455 e. The Bertz CT molecular complexity index is 3410. The average Bonchev–Trinajstić information content (AvgIpc) is 3.96. The summed E-state index contributed by atoms with van der Waals surface area (Å²) in [4.78, 5) is 15.3. The third-order valence-electron chi connectivity index (χ3n) is 11.1. The Labute approximate surface area is 325 Å². The van der Waals surface area contributed by atoms with Gasteiger partial charge in [-0.3, -0.25) is 0 Å². The topological polar surface area (TPSA) is 69.9 Å².